The molecule has 2 aliphatic heterocycles. The van der Waals surface area contributed by atoms with Crippen LogP contribution in [0.3, 0.4) is 0 Å². The number of fused-ring (bicyclic) bond motifs is 1. The molecule has 0 bridgehead atoms. The maximum absolute atomic E-state index is 13.0. The van der Waals surface area contributed by atoms with E-state index < -0.39 is 0 Å². The number of piperidine rings is 1. The third-order valence-corrected chi connectivity index (χ3v) is 6.44. The van der Waals surface area contributed by atoms with Gasteiger partial charge >= 0.3 is 0 Å². The van der Waals surface area contributed by atoms with Gasteiger partial charge in [-0.2, -0.15) is 0 Å². The van der Waals surface area contributed by atoms with Gasteiger partial charge in [-0.25, -0.2) is 9.67 Å². The molecule has 0 N–H and O–H groups in total. The molecule has 8 heteroatoms. The molecule has 0 spiro atoms. The van der Waals surface area contributed by atoms with E-state index in [9.17, 15) is 4.79 Å². The number of piperazine rings is 1. The SMILES string of the molecule is O=C(Cn1nnc2ccccc21)N1CCCC(CN2CCN(c3ccccn3)CC2)C1. The van der Waals surface area contributed by atoms with E-state index in [2.05, 4.69) is 31.2 Å². The van der Waals surface area contributed by atoms with E-state index in [1.54, 1.807) is 4.68 Å². The van der Waals surface area contributed by atoms with E-state index in [-0.39, 0.29) is 12.5 Å². The fourth-order valence-corrected chi connectivity index (χ4v) is 4.77. The highest BCUT2D eigenvalue weighted by atomic mass is 16.2. The van der Waals surface area contributed by atoms with E-state index in [1.165, 1.54) is 6.42 Å². The second kappa shape index (κ2) is 9.01. The highest BCUT2D eigenvalue weighted by molar-refractivity contribution is 5.79. The van der Waals surface area contributed by atoms with Gasteiger partial charge in [0.25, 0.3) is 0 Å². The van der Waals surface area contributed by atoms with Gasteiger partial charge in [-0.3, -0.25) is 9.69 Å². The number of rotatable bonds is 5. The quantitative estimate of drug-likeness (QED) is 0.629. The number of carbonyl (C=O) groups excluding carboxylic acids is 1. The molecule has 0 aliphatic carbocycles. The summed E-state index contributed by atoms with van der Waals surface area (Å²) in [7, 11) is 0. The number of nitrogens with zero attached hydrogens (tertiary/aromatic N) is 7. The summed E-state index contributed by atoms with van der Waals surface area (Å²) in [5, 5.41) is 8.34. The van der Waals surface area contributed by atoms with Gasteiger partial charge in [0.2, 0.25) is 5.91 Å². The molecule has 8 nitrogen and oxygen atoms in total. The second-order valence-corrected chi connectivity index (χ2v) is 8.56. The summed E-state index contributed by atoms with van der Waals surface area (Å²) in [6.07, 6.45) is 4.12. The zero-order chi connectivity index (χ0) is 21.0. The maximum atomic E-state index is 13.0. The maximum Gasteiger partial charge on any atom is 0.244 e. The molecular formula is C23H29N7O. The predicted octanol–water partition coefficient (Wildman–Crippen LogP) is 1.89. The van der Waals surface area contributed by atoms with E-state index in [0.29, 0.717) is 5.92 Å². The van der Waals surface area contributed by atoms with Crippen molar-refractivity contribution in [3.8, 4) is 0 Å². The predicted molar refractivity (Wildman–Crippen MR) is 120 cm³/mol. The molecule has 1 unspecified atom stereocenters. The van der Waals surface area contributed by atoms with Gasteiger partial charge in [-0.15, -0.1) is 5.10 Å². The van der Waals surface area contributed by atoms with Crippen LogP contribution in [0.2, 0.25) is 0 Å². The molecule has 5 rings (SSSR count). The minimum absolute atomic E-state index is 0.139. The van der Waals surface area contributed by atoms with Crippen molar-refractivity contribution in [1.82, 2.24) is 29.8 Å². The largest absolute Gasteiger partial charge is 0.354 e. The van der Waals surface area contributed by atoms with Crippen molar-refractivity contribution in [2.24, 2.45) is 5.92 Å². The van der Waals surface area contributed by atoms with Crippen molar-refractivity contribution in [1.29, 1.82) is 0 Å². The summed E-state index contributed by atoms with van der Waals surface area (Å²) in [5.74, 6) is 1.74. The van der Waals surface area contributed by atoms with E-state index in [0.717, 1.165) is 69.1 Å². The molecule has 162 valence electrons. The third-order valence-electron chi connectivity index (χ3n) is 6.44. The summed E-state index contributed by atoms with van der Waals surface area (Å²) in [4.78, 5) is 24.4. The Morgan fingerprint density at radius 1 is 1.00 bits per heavy atom. The van der Waals surface area contributed by atoms with Crippen molar-refractivity contribution in [3.63, 3.8) is 0 Å². The van der Waals surface area contributed by atoms with Gasteiger partial charge in [-0.1, -0.05) is 23.4 Å². The lowest BCUT2D eigenvalue weighted by molar-refractivity contribution is -0.134. The fourth-order valence-electron chi connectivity index (χ4n) is 4.77. The highest BCUT2D eigenvalue weighted by Gasteiger charge is 2.27. The zero-order valence-corrected chi connectivity index (χ0v) is 17.8. The first-order valence-corrected chi connectivity index (χ1v) is 11.2. The van der Waals surface area contributed by atoms with Crippen LogP contribution < -0.4 is 4.90 Å². The van der Waals surface area contributed by atoms with Crippen LogP contribution in [-0.2, 0) is 11.3 Å². The molecule has 31 heavy (non-hydrogen) atoms. The van der Waals surface area contributed by atoms with Crippen LogP contribution in [0.1, 0.15) is 12.8 Å². The Morgan fingerprint density at radius 2 is 1.84 bits per heavy atom. The summed E-state index contributed by atoms with van der Waals surface area (Å²) in [6.45, 7) is 7.11. The average molecular weight is 420 g/mol. The van der Waals surface area contributed by atoms with Gasteiger partial charge in [0, 0.05) is 52.0 Å². The van der Waals surface area contributed by atoms with E-state index >= 15 is 0 Å². The van der Waals surface area contributed by atoms with Crippen LogP contribution in [0.5, 0.6) is 0 Å². The normalized spacial score (nSPS) is 20.3. The first kappa shape index (κ1) is 19.9. The first-order valence-electron chi connectivity index (χ1n) is 11.2. The summed E-state index contributed by atoms with van der Waals surface area (Å²) < 4.78 is 1.72. The summed E-state index contributed by atoms with van der Waals surface area (Å²) in [5.41, 5.74) is 1.74. The van der Waals surface area contributed by atoms with Crippen LogP contribution >= 0.6 is 0 Å². The number of hydrogen-bond donors (Lipinski definition) is 0. The lowest BCUT2D eigenvalue weighted by Crippen LogP contribution is -2.50. The number of anilines is 1. The number of benzene rings is 1. The molecule has 4 heterocycles. The van der Waals surface area contributed by atoms with Crippen molar-refractivity contribution in [2.75, 3.05) is 50.7 Å². The number of likely N-dealkylation sites (tertiary alicyclic amines) is 1. The summed E-state index contributed by atoms with van der Waals surface area (Å²) >= 11 is 0. The Kier molecular flexibility index (Phi) is 5.80. The van der Waals surface area contributed by atoms with E-state index in [4.69, 9.17) is 0 Å². The Labute approximate surface area is 182 Å². The summed E-state index contributed by atoms with van der Waals surface area (Å²) in [6, 6.07) is 13.9. The average Bonchev–Trinajstić information content (AvgIpc) is 3.23. The van der Waals surface area contributed by atoms with Crippen molar-refractivity contribution in [3.05, 3.63) is 48.7 Å². The van der Waals surface area contributed by atoms with Crippen LogP contribution in [0, 0.1) is 5.92 Å². The molecule has 1 amide bonds. The van der Waals surface area contributed by atoms with Crippen molar-refractivity contribution >= 4 is 22.8 Å². The lowest BCUT2D eigenvalue weighted by atomic mass is 9.97. The first-order chi connectivity index (χ1) is 15.3. The monoisotopic (exact) mass is 419 g/mol. The Hall–Kier alpha value is -3.00. The number of amides is 1. The minimum Gasteiger partial charge on any atom is -0.354 e. The van der Waals surface area contributed by atoms with Gasteiger partial charge in [0.15, 0.2) is 0 Å². The highest BCUT2D eigenvalue weighted by Crippen LogP contribution is 2.20. The molecule has 1 aromatic carbocycles. The van der Waals surface area contributed by atoms with Crippen LogP contribution in [-0.4, -0.2) is 81.5 Å². The molecule has 2 saturated heterocycles. The lowest BCUT2D eigenvalue weighted by Gasteiger charge is -2.39. The zero-order valence-electron chi connectivity index (χ0n) is 17.8. The number of aromatic nitrogens is 4. The third kappa shape index (κ3) is 4.54. The van der Waals surface area contributed by atoms with Crippen LogP contribution in [0.15, 0.2) is 48.7 Å². The van der Waals surface area contributed by atoms with Crippen LogP contribution in [0.25, 0.3) is 11.0 Å². The minimum atomic E-state index is 0.139. The van der Waals surface area contributed by atoms with Gasteiger partial charge in [0.05, 0.1) is 5.52 Å². The Morgan fingerprint density at radius 3 is 2.68 bits per heavy atom. The molecular weight excluding hydrogens is 390 g/mol. The topological polar surface area (TPSA) is 70.4 Å². The number of para-hydroxylation sites is 1. The molecule has 1 atom stereocenters. The van der Waals surface area contributed by atoms with Gasteiger partial charge < -0.3 is 9.80 Å². The van der Waals surface area contributed by atoms with E-state index in [1.807, 2.05) is 47.5 Å². The standard InChI is InChI=1S/C23H29N7O/c31-23(18-30-21-8-2-1-7-20(21)25-26-30)29-11-5-6-19(17-29)16-27-12-14-28(15-13-27)22-9-3-4-10-24-22/h1-4,7-10,19H,5-6,11-18H2. The molecule has 2 fully saturated rings. The molecule has 2 aliphatic rings. The molecule has 0 saturated carbocycles. The van der Waals surface area contributed by atoms with Crippen molar-refractivity contribution < 1.29 is 4.79 Å². The smallest absolute Gasteiger partial charge is 0.244 e. The number of pyridine rings is 1. The van der Waals surface area contributed by atoms with Gasteiger partial charge in [0.1, 0.15) is 17.9 Å². The fraction of sp³-hybridized carbons (Fsp3) is 0.478. The van der Waals surface area contributed by atoms with Crippen LogP contribution in [0.4, 0.5) is 5.82 Å². The Bertz CT molecular complexity index is 1010. The second-order valence-electron chi connectivity index (χ2n) is 8.56. The van der Waals surface area contributed by atoms with Crippen molar-refractivity contribution in [2.45, 2.75) is 19.4 Å². The number of carbonyl (C=O) groups is 1. The number of hydrogen-bond acceptors (Lipinski definition) is 6. The molecule has 3 aromatic rings. The molecule has 0 radical (unpaired) electrons. The Balaban J connectivity index is 1.13. The van der Waals surface area contributed by atoms with Gasteiger partial charge in [-0.05, 0) is 43.0 Å². The molecule has 2 aromatic heterocycles.